The molecule has 1 heterocycles. The van der Waals surface area contributed by atoms with Gasteiger partial charge >= 0.3 is 0 Å². The average molecular weight is 395 g/mol. The summed E-state index contributed by atoms with van der Waals surface area (Å²) < 4.78 is 9.92. The Morgan fingerprint density at radius 3 is 2.54 bits per heavy atom. The lowest BCUT2D eigenvalue weighted by atomic mass is 10.1. The lowest BCUT2D eigenvalue weighted by Gasteiger charge is -2.22. The van der Waals surface area contributed by atoms with Crippen molar-refractivity contribution in [3.05, 3.63) is 70.3 Å². The lowest BCUT2D eigenvalue weighted by molar-refractivity contribution is 0.186. The van der Waals surface area contributed by atoms with Gasteiger partial charge in [-0.25, -0.2) is 4.68 Å². The molecule has 1 aliphatic rings. The fourth-order valence-electron chi connectivity index (χ4n) is 3.55. The molecule has 0 amide bonds. The third-order valence-electron chi connectivity index (χ3n) is 5.27. The van der Waals surface area contributed by atoms with Crippen LogP contribution in [0, 0.1) is 18.6 Å². The molecule has 1 aliphatic carbocycles. The number of aromatic nitrogens is 3. The van der Waals surface area contributed by atoms with Gasteiger partial charge < -0.3 is 4.74 Å². The van der Waals surface area contributed by atoms with Crippen molar-refractivity contribution in [3.8, 4) is 11.4 Å². The molecule has 6 heteroatoms. The van der Waals surface area contributed by atoms with Crippen LogP contribution in [0.2, 0.25) is 0 Å². The van der Waals surface area contributed by atoms with Crippen LogP contribution in [0.15, 0.2) is 48.8 Å². The molecule has 1 saturated carbocycles. The van der Waals surface area contributed by atoms with Gasteiger partial charge in [-0.15, -0.1) is 0 Å². The van der Waals surface area contributed by atoms with E-state index >= 15 is 0 Å². The fourth-order valence-corrected chi connectivity index (χ4v) is 3.80. The topological polar surface area (TPSA) is 35.2 Å². The van der Waals surface area contributed by atoms with E-state index in [0.717, 1.165) is 22.8 Å². The predicted octanol–water partition coefficient (Wildman–Crippen LogP) is 4.65. The average Bonchev–Trinajstić information content (AvgIpc) is 3.48. The van der Waals surface area contributed by atoms with E-state index in [0.29, 0.717) is 12.7 Å². The summed E-state index contributed by atoms with van der Waals surface area (Å²) in [6.07, 6.45) is 4.31. The van der Waals surface area contributed by atoms with Crippen molar-refractivity contribution in [2.75, 3.05) is 7.11 Å². The predicted molar refractivity (Wildman–Crippen MR) is 113 cm³/mol. The Bertz CT molecular complexity index is 1020. The highest BCUT2D eigenvalue weighted by Crippen LogP contribution is 2.29. The number of methoxy groups -OCH3 is 1. The summed E-state index contributed by atoms with van der Waals surface area (Å²) in [5, 5.41) is 4.59. The molecule has 3 aromatic rings. The molecule has 1 aromatic heterocycles. The third-order valence-corrected chi connectivity index (χ3v) is 5.68. The number of aryl methyl sites for hydroxylation is 2. The van der Waals surface area contributed by atoms with Crippen LogP contribution in [0.3, 0.4) is 0 Å². The number of nitrogens with zero attached hydrogens (tertiary/aromatic N) is 4. The minimum atomic E-state index is 0.607. The second-order valence-corrected chi connectivity index (χ2v) is 7.91. The summed E-state index contributed by atoms with van der Waals surface area (Å²) in [4.78, 5) is 2.46. The van der Waals surface area contributed by atoms with Crippen molar-refractivity contribution in [1.82, 2.24) is 19.2 Å². The molecule has 4 rings (SSSR count). The zero-order valence-electron chi connectivity index (χ0n) is 16.6. The van der Waals surface area contributed by atoms with Gasteiger partial charge in [0.2, 0.25) is 4.77 Å². The summed E-state index contributed by atoms with van der Waals surface area (Å²) in [6, 6.07) is 15.3. The Morgan fingerprint density at radius 2 is 1.89 bits per heavy atom. The quantitative estimate of drug-likeness (QED) is 0.547. The third kappa shape index (κ3) is 4.03. The van der Waals surface area contributed by atoms with E-state index in [1.807, 2.05) is 27.7 Å². The second-order valence-electron chi connectivity index (χ2n) is 7.54. The van der Waals surface area contributed by atoms with Crippen molar-refractivity contribution in [2.45, 2.75) is 45.9 Å². The molecular weight excluding hydrogens is 368 g/mol. The normalized spacial score (nSPS) is 13.9. The van der Waals surface area contributed by atoms with Gasteiger partial charge in [-0.3, -0.25) is 9.47 Å². The number of ether oxygens (including phenoxy) is 1. The smallest absolute Gasteiger partial charge is 0.203 e. The number of hydrogen-bond acceptors (Lipinski definition) is 4. The summed E-state index contributed by atoms with van der Waals surface area (Å²) in [5.41, 5.74) is 4.82. The zero-order chi connectivity index (χ0) is 19.7. The maximum atomic E-state index is 5.74. The molecule has 0 saturated heterocycles. The zero-order valence-corrected chi connectivity index (χ0v) is 17.4. The molecule has 0 spiro atoms. The van der Waals surface area contributed by atoms with Gasteiger partial charge in [-0.1, -0.05) is 29.8 Å². The van der Waals surface area contributed by atoms with Crippen LogP contribution in [0.4, 0.5) is 0 Å². The van der Waals surface area contributed by atoms with E-state index in [1.54, 1.807) is 7.11 Å². The Morgan fingerprint density at radius 1 is 1.14 bits per heavy atom. The van der Waals surface area contributed by atoms with E-state index < -0.39 is 0 Å². The summed E-state index contributed by atoms with van der Waals surface area (Å²) in [7, 11) is 1.69. The lowest BCUT2D eigenvalue weighted by Crippen LogP contribution is -2.29. The first kappa shape index (κ1) is 18.9. The first-order valence-corrected chi connectivity index (χ1v) is 10.0. The van der Waals surface area contributed by atoms with Crippen molar-refractivity contribution in [3.63, 3.8) is 0 Å². The van der Waals surface area contributed by atoms with Gasteiger partial charge in [-0.2, -0.15) is 5.10 Å². The Kier molecular flexibility index (Phi) is 5.33. The standard InChI is InChI=1S/C22H26N4OS/c1-16-4-11-21(17(2)12-16)25-14-23-26(22(25)28)15-24(19-7-8-19)13-18-5-9-20(27-3)10-6-18/h4-6,9-12,14,19H,7-8,13,15H2,1-3H3. The largest absolute Gasteiger partial charge is 0.497 e. The van der Waals surface area contributed by atoms with E-state index in [-0.39, 0.29) is 0 Å². The number of rotatable bonds is 7. The van der Waals surface area contributed by atoms with Gasteiger partial charge in [0.1, 0.15) is 12.1 Å². The fraction of sp³-hybridized carbons (Fsp3) is 0.364. The maximum absolute atomic E-state index is 5.74. The molecule has 28 heavy (non-hydrogen) atoms. The van der Waals surface area contributed by atoms with Crippen molar-refractivity contribution in [1.29, 1.82) is 0 Å². The van der Waals surface area contributed by atoms with E-state index in [9.17, 15) is 0 Å². The first-order valence-electron chi connectivity index (χ1n) is 9.64. The molecule has 1 fully saturated rings. The molecule has 0 N–H and O–H groups in total. The van der Waals surface area contributed by atoms with Crippen LogP contribution in [-0.2, 0) is 13.2 Å². The minimum Gasteiger partial charge on any atom is -0.497 e. The van der Waals surface area contributed by atoms with Crippen molar-refractivity contribution < 1.29 is 4.74 Å². The van der Waals surface area contributed by atoms with Crippen LogP contribution < -0.4 is 4.74 Å². The first-order chi connectivity index (χ1) is 13.5. The van der Waals surface area contributed by atoms with Gasteiger partial charge in [-0.05, 0) is 68.2 Å². The van der Waals surface area contributed by atoms with Crippen LogP contribution in [0.1, 0.15) is 29.5 Å². The molecule has 2 aromatic carbocycles. The van der Waals surface area contributed by atoms with E-state index in [1.165, 1.54) is 29.5 Å². The van der Waals surface area contributed by atoms with Gasteiger partial charge in [0.25, 0.3) is 0 Å². The Hall–Kier alpha value is -2.44. The van der Waals surface area contributed by atoms with Crippen LogP contribution in [0.5, 0.6) is 5.75 Å². The van der Waals surface area contributed by atoms with Crippen LogP contribution in [-0.4, -0.2) is 32.4 Å². The van der Waals surface area contributed by atoms with Crippen LogP contribution >= 0.6 is 12.2 Å². The van der Waals surface area contributed by atoms with Gasteiger partial charge in [0.05, 0.1) is 19.5 Å². The highest BCUT2D eigenvalue weighted by Gasteiger charge is 2.29. The van der Waals surface area contributed by atoms with E-state index in [2.05, 4.69) is 54.2 Å². The molecule has 0 radical (unpaired) electrons. The summed E-state index contributed by atoms with van der Waals surface area (Å²) in [5.74, 6) is 0.885. The highest BCUT2D eigenvalue weighted by atomic mass is 32.1. The SMILES string of the molecule is COc1ccc(CN(Cn2ncn(-c3ccc(C)cc3C)c2=S)C2CC2)cc1. The molecule has 0 aliphatic heterocycles. The second kappa shape index (κ2) is 7.89. The molecular formula is C22H26N4OS. The molecule has 0 bridgehead atoms. The molecule has 0 atom stereocenters. The summed E-state index contributed by atoms with van der Waals surface area (Å²) >= 11 is 5.74. The van der Waals surface area contributed by atoms with E-state index in [4.69, 9.17) is 17.0 Å². The molecule has 146 valence electrons. The Labute approximate surface area is 171 Å². The Balaban J connectivity index is 1.55. The minimum absolute atomic E-state index is 0.607. The maximum Gasteiger partial charge on any atom is 0.203 e. The van der Waals surface area contributed by atoms with Crippen molar-refractivity contribution in [2.24, 2.45) is 0 Å². The molecule has 0 unspecified atom stereocenters. The number of benzene rings is 2. The molecule has 5 nitrogen and oxygen atoms in total. The monoisotopic (exact) mass is 394 g/mol. The van der Waals surface area contributed by atoms with Crippen LogP contribution in [0.25, 0.3) is 5.69 Å². The van der Waals surface area contributed by atoms with Gasteiger partial charge in [0.15, 0.2) is 0 Å². The van der Waals surface area contributed by atoms with Crippen molar-refractivity contribution >= 4 is 12.2 Å². The van der Waals surface area contributed by atoms with Gasteiger partial charge in [0, 0.05) is 12.6 Å². The number of hydrogen-bond donors (Lipinski definition) is 0. The summed E-state index contributed by atoms with van der Waals surface area (Å²) in [6.45, 7) is 5.80. The highest BCUT2D eigenvalue weighted by molar-refractivity contribution is 7.71.